The maximum Gasteiger partial charge on any atom is 0.0558 e. The molecule has 1 N–H and O–H groups in total. The maximum atomic E-state index is 9.32. The fraction of sp³-hybridized carbons (Fsp3) is 1.00. The second-order valence-corrected chi connectivity index (χ2v) is 6.18. The van der Waals surface area contributed by atoms with Gasteiger partial charge in [-0.2, -0.15) is 0 Å². The zero-order valence-electron chi connectivity index (χ0n) is 11.4. The van der Waals surface area contributed by atoms with E-state index in [1.807, 2.05) is 0 Å². The van der Waals surface area contributed by atoms with Gasteiger partial charge in [0.05, 0.1) is 6.61 Å². The molecule has 17 heavy (non-hydrogen) atoms. The molecule has 0 heterocycles. The molecule has 2 rings (SSSR count). The highest BCUT2D eigenvalue weighted by atomic mass is 16.3. The second-order valence-electron chi connectivity index (χ2n) is 6.18. The van der Waals surface area contributed by atoms with E-state index in [9.17, 15) is 5.11 Å². The first kappa shape index (κ1) is 13.4. The molecule has 2 nitrogen and oxygen atoms in total. The van der Waals surface area contributed by atoms with Crippen LogP contribution in [0.15, 0.2) is 0 Å². The Balaban J connectivity index is 1.94. The van der Waals surface area contributed by atoms with Crippen molar-refractivity contribution in [2.45, 2.75) is 76.8 Å². The highest BCUT2D eigenvalue weighted by Crippen LogP contribution is 2.32. The average molecular weight is 239 g/mol. The van der Waals surface area contributed by atoms with E-state index in [-0.39, 0.29) is 0 Å². The van der Waals surface area contributed by atoms with Crippen LogP contribution in [0.2, 0.25) is 0 Å². The molecule has 0 aromatic heterocycles. The number of hydrogen-bond acceptors (Lipinski definition) is 2. The third-order valence-corrected chi connectivity index (χ3v) is 4.78. The Labute approximate surface area is 106 Å². The minimum Gasteiger partial charge on any atom is -0.395 e. The molecular weight excluding hydrogens is 210 g/mol. The molecule has 0 spiro atoms. The first-order valence-corrected chi connectivity index (χ1v) is 7.68. The molecule has 2 saturated carbocycles. The lowest BCUT2D eigenvalue weighted by atomic mass is 9.84. The molecule has 0 radical (unpaired) electrons. The smallest absolute Gasteiger partial charge is 0.0558 e. The van der Waals surface area contributed by atoms with Gasteiger partial charge in [0.25, 0.3) is 0 Å². The first-order valence-electron chi connectivity index (χ1n) is 7.68. The van der Waals surface area contributed by atoms with Crippen LogP contribution in [0.3, 0.4) is 0 Å². The Kier molecular flexibility index (Phi) is 5.30. The summed E-state index contributed by atoms with van der Waals surface area (Å²) in [5.74, 6) is 0.888. The van der Waals surface area contributed by atoms with E-state index in [0.29, 0.717) is 6.61 Å². The van der Waals surface area contributed by atoms with Crippen molar-refractivity contribution in [2.24, 2.45) is 5.92 Å². The Morgan fingerprint density at radius 1 is 0.941 bits per heavy atom. The zero-order chi connectivity index (χ0) is 12.1. The van der Waals surface area contributed by atoms with E-state index in [2.05, 4.69) is 11.8 Å². The van der Waals surface area contributed by atoms with Crippen LogP contribution in [0.25, 0.3) is 0 Å². The van der Waals surface area contributed by atoms with Crippen molar-refractivity contribution in [2.75, 3.05) is 13.2 Å². The summed E-state index contributed by atoms with van der Waals surface area (Å²) in [5.41, 5.74) is 0. The summed E-state index contributed by atoms with van der Waals surface area (Å²) in [6.07, 6.45) is 12.5. The number of rotatable bonds is 4. The molecule has 0 aliphatic heterocycles. The lowest BCUT2D eigenvalue weighted by Crippen LogP contribution is -2.47. The molecule has 2 fully saturated rings. The van der Waals surface area contributed by atoms with E-state index in [1.54, 1.807) is 0 Å². The van der Waals surface area contributed by atoms with Crippen LogP contribution in [0, 0.1) is 5.92 Å². The number of aliphatic hydroxyl groups is 1. The predicted octanol–water partition coefficient (Wildman–Crippen LogP) is 3.19. The van der Waals surface area contributed by atoms with Gasteiger partial charge in [-0.05, 0) is 31.6 Å². The number of aliphatic hydroxyl groups excluding tert-OH is 1. The molecule has 2 aliphatic carbocycles. The maximum absolute atomic E-state index is 9.32. The van der Waals surface area contributed by atoms with Gasteiger partial charge in [-0.3, -0.25) is 4.90 Å². The summed E-state index contributed by atoms with van der Waals surface area (Å²) in [5, 5.41) is 9.32. The Bertz CT molecular complexity index is 213. The molecule has 2 heteroatoms. The van der Waals surface area contributed by atoms with Crippen LogP contribution in [0.5, 0.6) is 0 Å². The van der Waals surface area contributed by atoms with Gasteiger partial charge in [0.15, 0.2) is 0 Å². The summed E-state index contributed by atoms with van der Waals surface area (Å²) in [4.78, 5) is 2.66. The van der Waals surface area contributed by atoms with E-state index in [1.165, 1.54) is 57.8 Å². The normalized spacial score (nSPS) is 31.9. The van der Waals surface area contributed by atoms with Crippen molar-refractivity contribution < 1.29 is 5.11 Å². The van der Waals surface area contributed by atoms with E-state index >= 15 is 0 Å². The lowest BCUT2D eigenvalue weighted by molar-refractivity contribution is 0.0520. The molecule has 2 atom stereocenters. The second kappa shape index (κ2) is 6.75. The molecule has 0 saturated heterocycles. The largest absolute Gasteiger partial charge is 0.395 e. The number of hydrogen-bond donors (Lipinski definition) is 1. The van der Waals surface area contributed by atoms with E-state index in [4.69, 9.17) is 0 Å². The number of nitrogens with zero attached hydrogens (tertiary/aromatic N) is 1. The van der Waals surface area contributed by atoms with Crippen molar-refractivity contribution in [1.82, 2.24) is 4.90 Å². The lowest BCUT2D eigenvalue weighted by Gasteiger charge is -2.42. The standard InChI is InChI=1S/C15H29NO/c1-13-6-5-9-15(12-13)16(10-11-17)14-7-3-2-4-8-14/h13-15,17H,2-12H2,1H3. The molecule has 0 amide bonds. The third kappa shape index (κ3) is 3.69. The van der Waals surface area contributed by atoms with Crippen LogP contribution >= 0.6 is 0 Å². The monoisotopic (exact) mass is 239 g/mol. The Morgan fingerprint density at radius 2 is 1.65 bits per heavy atom. The van der Waals surface area contributed by atoms with Crippen LogP contribution < -0.4 is 0 Å². The summed E-state index contributed by atoms with van der Waals surface area (Å²) >= 11 is 0. The van der Waals surface area contributed by atoms with Crippen molar-refractivity contribution in [3.05, 3.63) is 0 Å². The molecule has 0 aromatic rings. The summed E-state index contributed by atoms with van der Waals surface area (Å²) in [7, 11) is 0. The van der Waals surface area contributed by atoms with Crippen molar-refractivity contribution in [3.8, 4) is 0 Å². The van der Waals surface area contributed by atoms with E-state index < -0.39 is 0 Å². The molecule has 0 bridgehead atoms. The third-order valence-electron chi connectivity index (χ3n) is 4.78. The Hall–Kier alpha value is -0.0800. The average Bonchev–Trinajstić information content (AvgIpc) is 2.37. The quantitative estimate of drug-likeness (QED) is 0.814. The summed E-state index contributed by atoms with van der Waals surface area (Å²) < 4.78 is 0. The van der Waals surface area contributed by atoms with Crippen LogP contribution in [0.4, 0.5) is 0 Å². The summed E-state index contributed by atoms with van der Waals surface area (Å²) in [6, 6.07) is 1.53. The molecule has 0 aromatic carbocycles. The highest BCUT2D eigenvalue weighted by molar-refractivity contribution is 4.85. The van der Waals surface area contributed by atoms with Gasteiger partial charge in [0.1, 0.15) is 0 Å². The summed E-state index contributed by atoms with van der Waals surface area (Å²) in [6.45, 7) is 3.63. The van der Waals surface area contributed by atoms with Crippen LogP contribution in [-0.2, 0) is 0 Å². The molecule has 2 unspecified atom stereocenters. The van der Waals surface area contributed by atoms with Crippen molar-refractivity contribution >= 4 is 0 Å². The van der Waals surface area contributed by atoms with Gasteiger partial charge < -0.3 is 5.11 Å². The highest BCUT2D eigenvalue weighted by Gasteiger charge is 2.29. The fourth-order valence-corrected chi connectivity index (χ4v) is 3.89. The van der Waals surface area contributed by atoms with Gasteiger partial charge in [0.2, 0.25) is 0 Å². The SMILES string of the molecule is CC1CCCC(N(CCO)C2CCCCC2)C1. The van der Waals surface area contributed by atoms with Crippen LogP contribution in [0.1, 0.15) is 64.7 Å². The topological polar surface area (TPSA) is 23.5 Å². The molecule has 2 aliphatic rings. The van der Waals surface area contributed by atoms with Gasteiger partial charge in [-0.15, -0.1) is 0 Å². The first-order chi connectivity index (χ1) is 8.31. The molecular formula is C15H29NO. The van der Waals surface area contributed by atoms with Crippen LogP contribution in [-0.4, -0.2) is 35.2 Å². The predicted molar refractivity (Wildman–Crippen MR) is 72.1 cm³/mol. The van der Waals surface area contributed by atoms with Gasteiger partial charge >= 0.3 is 0 Å². The van der Waals surface area contributed by atoms with Gasteiger partial charge in [-0.25, -0.2) is 0 Å². The van der Waals surface area contributed by atoms with Gasteiger partial charge in [-0.1, -0.05) is 39.0 Å². The fourth-order valence-electron chi connectivity index (χ4n) is 3.89. The van der Waals surface area contributed by atoms with Crippen molar-refractivity contribution in [1.29, 1.82) is 0 Å². The molecule has 100 valence electrons. The van der Waals surface area contributed by atoms with E-state index in [0.717, 1.165) is 24.5 Å². The minimum absolute atomic E-state index is 0.335. The van der Waals surface area contributed by atoms with Crippen molar-refractivity contribution in [3.63, 3.8) is 0 Å². The van der Waals surface area contributed by atoms with Gasteiger partial charge in [0, 0.05) is 18.6 Å². The Morgan fingerprint density at radius 3 is 2.29 bits per heavy atom. The minimum atomic E-state index is 0.335. The zero-order valence-corrected chi connectivity index (χ0v) is 11.4.